The predicted molar refractivity (Wildman–Crippen MR) is 88.8 cm³/mol. The lowest BCUT2D eigenvalue weighted by Gasteiger charge is -2.18. The van der Waals surface area contributed by atoms with Gasteiger partial charge in [-0.25, -0.2) is 0 Å². The molecule has 0 aliphatic rings. The van der Waals surface area contributed by atoms with E-state index in [-0.39, 0.29) is 6.04 Å². The fraction of sp³-hybridized carbons (Fsp3) is 0.250. The van der Waals surface area contributed by atoms with E-state index in [0.717, 1.165) is 10.2 Å². The summed E-state index contributed by atoms with van der Waals surface area (Å²) in [6, 6.07) is 14.1. The van der Waals surface area contributed by atoms with Crippen LogP contribution in [0.5, 0.6) is 5.75 Å². The van der Waals surface area contributed by atoms with E-state index >= 15 is 0 Å². The molecule has 0 bridgehead atoms. The van der Waals surface area contributed by atoms with Gasteiger partial charge in [-0.1, -0.05) is 45.7 Å². The summed E-state index contributed by atoms with van der Waals surface area (Å²) >= 11 is 9.77. The van der Waals surface area contributed by atoms with Crippen molar-refractivity contribution in [1.82, 2.24) is 0 Å². The molecule has 0 radical (unpaired) electrons. The maximum absolute atomic E-state index is 6.19. The number of hydrogen-bond donors (Lipinski definition) is 1. The minimum atomic E-state index is 0.180. The number of nitrogens with one attached hydrogen (secondary N) is 1. The Morgan fingerprint density at radius 2 is 2.00 bits per heavy atom. The molecular weight excluding hydrogens is 338 g/mol. The van der Waals surface area contributed by atoms with E-state index in [1.54, 1.807) is 0 Å². The van der Waals surface area contributed by atoms with Crippen LogP contribution in [0.25, 0.3) is 0 Å². The first-order valence-electron chi connectivity index (χ1n) is 6.55. The zero-order valence-corrected chi connectivity index (χ0v) is 13.8. The maximum atomic E-state index is 6.19. The van der Waals surface area contributed by atoms with Gasteiger partial charge in [-0.3, -0.25) is 0 Å². The van der Waals surface area contributed by atoms with Gasteiger partial charge < -0.3 is 10.1 Å². The summed E-state index contributed by atoms with van der Waals surface area (Å²) in [7, 11) is 0. The molecule has 0 saturated carbocycles. The summed E-state index contributed by atoms with van der Waals surface area (Å²) in [4.78, 5) is 0. The lowest BCUT2D eigenvalue weighted by Crippen LogP contribution is -2.07. The summed E-state index contributed by atoms with van der Waals surface area (Å²) in [5.41, 5.74) is 2.18. The van der Waals surface area contributed by atoms with Crippen LogP contribution in [-0.4, -0.2) is 6.61 Å². The smallest absolute Gasteiger partial charge is 0.138 e. The van der Waals surface area contributed by atoms with Crippen LogP contribution in [0.3, 0.4) is 0 Å². The Balaban J connectivity index is 2.14. The third kappa shape index (κ3) is 3.68. The molecule has 0 aliphatic heterocycles. The van der Waals surface area contributed by atoms with E-state index < -0.39 is 0 Å². The largest absolute Gasteiger partial charge is 0.492 e. The molecule has 1 atom stereocenters. The van der Waals surface area contributed by atoms with Crippen molar-refractivity contribution in [2.45, 2.75) is 19.9 Å². The first kappa shape index (κ1) is 15.2. The molecule has 0 heterocycles. The maximum Gasteiger partial charge on any atom is 0.138 e. The van der Waals surface area contributed by atoms with Crippen LogP contribution in [-0.2, 0) is 0 Å². The third-order valence-corrected chi connectivity index (χ3v) is 4.00. The number of rotatable bonds is 5. The third-order valence-electron chi connectivity index (χ3n) is 2.99. The summed E-state index contributed by atoms with van der Waals surface area (Å²) < 4.78 is 6.53. The van der Waals surface area contributed by atoms with Crippen molar-refractivity contribution in [1.29, 1.82) is 0 Å². The summed E-state index contributed by atoms with van der Waals surface area (Å²) in [6.07, 6.45) is 0. The quantitative estimate of drug-likeness (QED) is 0.746. The van der Waals surface area contributed by atoms with Crippen molar-refractivity contribution in [3.05, 3.63) is 57.5 Å². The van der Waals surface area contributed by atoms with Crippen molar-refractivity contribution < 1.29 is 4.74 Å². The average molecular weight is 355 g/mol. The van der Waals surface area contributed by atoms with Gasteiger partial charge in [0, 0.05) is 16.2 Å². The van der Waals surface area contributed by atoms with Gasteiger partial charge in [0.2, 0.25) is 0 Å². The van der Waals surface area contributed by atoms with E-state index in [1.807, 2.05) is 43.3 Å². The first-order chi connectivity index (χ1) is 9.61. The first-order valence-corrected chi connectivity index (χ1v) is 7.72. The molecule has 1 N–H and O–H groups in total. The number of hydrogen-bond acceptors (Lipinski definition) is 2. The van der Waals surface area contributed by atoms with Crippen LogP contribution in [0.4, 0.5) is 5.69 Å². The molecule has 2 aromatic rings. The molecular formula is C16H17BrClNO. The molecule has 2 rings (SSSR count). The van der Waals surface area contributed by atoms with Crippen LogP contribution in [0, 0.1) is 0 Å². The summed E-state index contributed by atoms with van der Waals surface area (Å²) in [5.74, 6) is 0.716. The van der Waals surface area contributed by atoms with Crippen LogP contribution in [0.2, 0.25) is 5.02 Å². The van der Waals surface area contributed by atoms with Crippen molar-refractivity contribution in [3.8, 4) is 5.75 Å². The average Bonchev–Trinajstić information content (AvgIpc) is 2.42. The van der Waals surface area contributed by atoms with Gasteiger partial charge >= 0.3 is 0 Å². The molecule has 0 amide bonds. The van der Waals surface area contributed by atoms with Crippen LogP contribution in [0.15, 0.2) is 46.9 Å². The van der Waals surface area contributed by atoms with E-state index in [2.05, 4.69) is 34.2 Å². The van der Waals surface area contributed by atoms with Gasteiger partial charge in [0.25, 0.3) is 0 Å². The molecule has 106 valence electrons. The van der Waals surface area contributed by atoms with Crippen LogP contribution in [0.1, 0.15) is 25.5 Å². The molecule has 0 aromatic heterocycles. The van der Waals surface area contributed by atoms with Crippen molar-refractivity contribution in [3.63, 3.8) is 0 Å². The molecule has 4 heteroatoms. The molecule has 0 saturated heterocycles. The Kier molecular flexibility index (Phi) is 5.32. The van der Waals surface area contributed by atoms with Gasteiger partial charge in [0.05, 0.1) is 11.6 Å². The van der Waals surface area contributed by atoms with Gasteiger partial charge in [0.15, 0.2) is 0 Å². The van der Waals surface area contributed by atoms with Crippen molar-refractivity contribution in [2.75, 3.05) is 11.9 Å². The van der Waals surface area contributed by atoms with E-state index in [0.29, 0.717) is 17.4 Å². The lowest BCUT2D eigenvalue weighted by atomic mass is 10.1. The Labute approximate surface area is 133 Å². The van der Waals surface area contributed by atoms with Gasteiger partial charge in [-0.05, 0) is 43.7 Å². The monoisotopic (exact) mass is 353 g/mol. The Morgan fingerprint density at radius 3 is 2.65 bits per heavy atom. The number of ether oxygens (including phenoxy) is 1. The topological polar surface area (TPSA) is 21.3 Å². The number of anilines is 1. The van der Waals surface area contributed by atoms with Crippen molar-refractivity contribution >= 4 is 33.2 Å². The van der Waals surface area contributed by atoms with E-state index in [9.17, 15) is 0 Å². The van der Waals surface area contributed by atoms with Crippen molar-refractivity contribution in [2.24, 2.45) is 0 Å². The Morgan fingerprint density at radius 1 is 1.25 bits per heavy atom. The van der Waals surface area contributed by atoms with Gasteiger partial charge in [0.1, 0.15) is 5.75 Å². The molecule has 0 fully saturated rings. The van der Waals surface area contributed by atoms with E-state index in [1.165, 1.54) is 5.56 Å². The summed E-state index contributed by atoms with van der Waals surface area (Å²) in [6.45, 7) is 4.67. The Bertz CT molecular complexity index is 588. The fourth-order valence-corrected chi connectivity index (χ4v) is 2.88. The number of halogens is 2. The lowest BCUT2D eigenvalue weighted by molar-refractivity contribution is 0.340. The number of benzene rings is 2. The molecule has 1 unspecified atom stereocenters. The second-order valence-electron chi connectivity index (χ2n) is 4.47. The molecule has 0 aliphatic carbocycles. The minimum absolute atomic E-state index is 0.180. The summed E-state index contributed by atoms with van der Waals surface area (Å²) in [5, 5.41) is 4.06. The highest BCUT2D eigenvalue weighted by Crippen LogP contribution is 2.31. The highest BCUT2D eigenvalue weighted by Gasteiger charge is 2.10. The van der Waals surface area contributed by atoms with Gasteiger partial charge in [-0.15, -0.1) is 0 Å². The highest BCUT2D eigenvalue weighted by atomic mass is 79.9. The standard InChI is InChI=1S/C16H17BrClNO/c1-3-20-16-9-8-12(10-15(16)18)19-11(2)13-6-4-5-7-14(13)17/h4-11,19H,3H2,1-2H3. The normalized spacial score (nSPS) is 12.0. The minimum Gasteiger partial charge on any atom is -0.492 e. The highest BCUT2D eigenvalue weighted by molar-refractivity contribution is 9.10. The Hall–Kier alpha value is -1.19. The van der Waals surface area contributed by atoms with Crippen LogP contribution < -0.4 is 10.1 Å². The second-order valence-corrected chi connectivity index (χ2v) is 5.73. The van der Waals surface area contributed by atoms with Gasteiger partial charge in [-0.2, -0.15) is 0 Å². The predicted octanol–water partition coefficient (Wildman–Crippen LogP) is 5.67. The fourth-order valence-electron chi connectivity index (χ4n) is 2.02. The second kappa shape index (κ2) is 7.00. The molecule has 2 nitrogen and oxygen atoms in total. The van der Waals surface area contributed by atoms with Crippen LogP contribution >= 0.6 is 27.5 Å². The molecule has 20 heavy (non-hydrogen) atoms. The SMILES string of the molecule is CCOc1ccc(NC(C)c2ccccc2Br)cc1Cl. The molecule has 2 aromatic carbocycles. The zero-order valence-electron chi connectivity index (χ0n) is 11.5. The van der Waals surface area contributed by atoms with E-state index in [4.69, 9.17) is 16.3 Å². The zero-order chi connectivity index (χ0) is 14.5. The molecule has 0 spiro atoms.